The highest BCUT2D eigenvalue weighted by Crippen LogP contribution is 2.37. The standard InChI is InChI=1S/C18H15Cl3N2O2/c19-13-5-2-1-4-11(13)9-22-18(25)12-8-16(24)23(10-12)17-14(20)6-3-7-15(17)21/h1-7,12H,8-10H2,(H,22,25). The third-order valence-corrected chi connectivity index (χ3v) is 5.09. The van der Waals surface area contributed by atoms with Crippen molar-refractivity contribution < 1.29 is 9.59 Å². The molecule has 1 N–H and O–H groups in total. The summed E-state index contributed by atoms with van der Waals surface area (Å²) in [5, 5.41) is 4.20. The van der Waals surface area contributed by atoms with Gasteiger partial charge in [-0.15, -0.1) is 0 Å². The van der Waals surface area contributed by atoms with Gasteiger partial charge in [-0.25, -0.2) is 0 Å². The van der Waals surface area contributed by atoms with Crippen LogP contribution in [-0.4, -0.2) is 18.4 Å². The first-order valence-electron chi connectivity index (χ1n) is 7.73. The fourth-order valence-electron chi connectivity index (χ4n) is 2.81. The highest BCUT2D eigenvalue weighted by Gasteiger charge is 2.36. The van der Waals surface area contributed by atoms with E-state index in [1.54, 1.807) is 24.3 Å². The van der Waals surface area contributed by atoms with Gasteiger partial charge in [0.15, 0.2) is 0 Å². The lowest BCUT2D eigenvalue weighted by molar-refractivity contribution is -0.126. The van der Waals surface area contributed by atoms with Gasteiger partial charge in [0, 0.05) is 24.5 Å². The molecule has 1 saturated heterocycles. The van der Waals surface area contributed by atoms with Gasteiger partial charge >= 0.3 is 0 Å². The molecule has 0 spiro atoms. The molecule has 1 aliphatic rings. The molecule has 0 aromatic heterocycles. The van der Waals surface area contributed by atoms with E-state index in [0.29, 0.717) is 27.3 Å². The Morgan fingerprint density at radius 3 is 2.36 bits per heavy atom. The average molecular weight is 398 g/mol. The van der Waals surface area contributed by atoms with Crippen molar-refractivity contribution in [2.75, 3.05) is 11.4 Å². The van der Waals surface area contributed by atoms with Gasteiger partial charge in [-0.1, -0.05) is 59.1 Å². The van der Waals surface area contributed by atoms with Crippen molar-refractivity contribution in [3.05, 3.63) is 63.1 Å². The largest absolute Gasteiger partial charge is 0.352 e. The van der Waals surface area contributed by atoms with Crippen LogP contribution >= 0.6 is 34.8 Å². The molecule has 0 aliphatic carbocycles. The third-order valence-electron chi connectivity index (χ3n) is 4.11. The number of carbonyl (C=O) groups excluding carboxylic acids is 2. The lowest BCUT2D eigenvalue weighted by atomic mass is 10.1. The first-order chi connectivity index (χ1) is 12.0. The van der Waals surface area contributed by atoms with Crippen LogP contribution in [0.5, 0.6) is 0 Å². The molecule has 0 saturated carbocycles. The maximum atomic E-state index is 12.4. The number of rotatable bonds is 4. The Balaban J connectivity index is 1.68. The summed E-state index contributed by atoms with van der Waals surface area (Å²) in [5.74, 6) is -0.825. The fraction of sp³-hybridized carbons (Fsp3) is 0.222. The van der Waals surface area contributed by atoms with Gasteiger partial charge in [-0.2, -0.15) is 0 Å². The van der Waals surface area contributed by atoms with E-state index >= 15 is 0 Å². The van der Waals surface area contributed by atoms with E-state index in [9.17, 15) is 9.59 Å². The zero-order chi connectivity index (χ0) is 18.0. The number of halogens is 3. The number of anilines is 1. The van der Waals surface area contributed by atoms with Crippen LogP contribution in [0.2, 0.25) is 15.1 Å². The lowest BCUT2D eigenvalue weighted by Crippen LogP contribution is -2.32. The second kappa shape index (κ2) is 7.65. The average Bonchev–Trinajstić information content (AvgIpc) is 2.95. The highest BCUT2D eigenvalue weighted by atomic mass is 35.5. The molecule has 2 amide bonds. The molecule has 130 valence electrons. The highest BCUT2D eigenvalue weighted by molar-refractivity contribution is 6.40. The van der Waals surface area contributed by atoms with Crippen LogP contribution in [0, 0.1) is 5.92 Å². The molecule has 25 heavy (non-hydrogen) atoms. The maximum Gasteiger partial charge on any atom is 0.227 e. The predicted molar refractivity (Wildman–Crippen MR) is 100 cm³/mol. The molecule has 1 fully saturated rings. The Morgan fingerprint density at radius 1 is 1.04 bits per heavy atom. The van der Waals surface area contributed by atoms with Gasteiger partial charge in [0.05, 0.1) is 21.7 Å². The number of carbonyl (C=O) groups is 2. The summed E-state index contributed by atoms with van der Waals surface area (Å²) in [4.78, 5) is 26.2. The Labute approximate surface area is 160 Å². The van der Waals surface area contributed by atoms with Crippen molar-refractivity contribution in [3.63, 3.8) is 0 Å². The first kappa shape index (κ1) is 18.1. The first-order valence-corrected chi connectivity index (χ1v) is 8.86. The van der Waals surface area contributed by atoms with Crippen LogP contribution in [-0.2, 0) is 16.1 Å². The van der Waals surface area contributed by atoms with E-state index in [2.05, 4.69) is 5.32 Å². The van der Waals surface area contributed by atoms with Crippen molar-refractivity contribution in [3.8, 4) is 0 Å². The number of benzene rings is 2. The normalized spacial score (nSPS) is 17.0. The molecule has 7 heteroatoms. The Hall–Kier alpha value is -1.75. The third kappa shape index (κ3) is 3.92. The topological polar surface area (TPSA) is 49.4 Å². The number of nitrogens with zero attached hydrogens (tertiary/aromatic N) is 1. The smallest absolute Gasteiger partial charge is 0.227 e. The zero-order valence-electron chi connectivity index (χ0n) is 13.1. The molecule has 1 atom stereocenters. The van der Waals surface area contributed by atoms with Crippen LogP contribution in [0.25, 0.3) is 0 Å². The van der Waals surface area contributed by atoms with Crippen molar-refractivity contribution in [2.24, 2.45) is 5.92 Å². The van der Waals surface area contributed by atoms with Gasteiger partial charge in [0.25, 0.3) is 0 Å². The molecule has 1 aliphatic heterocycles. The number of para-hydroxylation sites is 1. The van der Waals surface area contributed by atoms with Crippen LogP contribution in [0.1, 0.15) is 12.0 Å². The van der Waals surface area contributed by atoms with E-state index in [4.69, 9.17) is 34.8 Å². The van der Waals surface area contributed by atoms with Crippen LogP contribution < -0.4 is 10.2 Å². The minimum absolute atomic E-state index is 0.121. The SMILES string of the molecule is O=C(NCc1ccccc1Cl)C1CC(=O)N(c2c(Cl)cccc2Cl)C1. The molecule has 2 aromatic rings. The van der Waals surface area contributed by atoms with E-state index < -0.39 is 5.92 Å². The predicted octanol–water partition coefficient (Wildman–Crippen LogP) is 4.32. The quantitative estimate of drug-likeness (QED) is 0.835. The van der Waals surface area contributed by atoms with Crippen molar-refractivity contribution >= 4 is 52.3 Å². The summed E-state index contributed by atoms with van der Waals surface area (Å²) in [6.45, 7) is 0.562. The molecule has 2 aromatic carbocycles. The Kier molecular flexibility index (Phi) is 5.52. The number of hydrogen-bond acceptors (Lipinski definition) is 2. The summed E-state index contributed by atoms with van der Waals surface area (Å²) < 4.78 is 0. The number of hydrogen-bond donors (Lipinski definition) is 1. The van der Waals surface area contributed by atoms with Crippen LogP contribution in [0.3, 0.4) is 0 Å². The molecule has 0 bridgehead atoms. The zero-order valence-corrected chi connectivity index (χ0v) is 15.4. The van der Waals surface area contributed by atoms with Crippen molar-refractivity contribution in [1.29, 1.82) is 0 Å². The summed E-state index contributed by atoms with van der Waals surface area (Å²) in [6.07, 6.45) is 0.121. The number of amides is 2. The lowest BCUT2D eigenvalue weighted by Gasteiger charge is -2.19. The molecular weight excluding hydrogens is 383 g/mol. The molecular formula is C18H15Cl3N2O2. The van der Waals surface area contributed by atoms with Gasteiger partial charge in [-0.3, -0.25) is 9.59 Å². The summed E-state index contributed by atoms with van der Waals surface area (Å²) in [5.41, 5.74) is 1.28. The van der Waals surface area contributed by atoms with Crippen LogP contribution in [0.4, 0.5) is 5.69 Å². The molecule has 0 radical (unpaired) electrons. The van der Waals surface area contributed by atoms with Crippen molar-refractivity contribution in [1.82, 2.24) is 5.32 Å². The van der Waals surface area contributed by atoms with E-state index in [1.807, 2.05) is 18.2 Å². The number of nitrogens with one attached hydrogen (secondary N) is 1. The van der Waals surface area contributed by atoms with E-state index in [0.717, 1.165) is 5.56 Å². The van der Waals surface area contributed by atoms with Gasteiger partial charge < -0.3 is 10.2 Å². The monoisotopic (exact) mass is 396 g/mol. The van der Waals surface area contributed by atoms with E-state index in [-0.39, 0.29) is 24.8 Å². The van der Waals surface area contributed by atoms with Gasteiger partial charge in [0.1, 0.15) is 0 Å². The van der Waals surface area contributed by atoms with Gasteiger partial charge in [0.2, 0.25) is 11.8 Å². The second-order valence-electron chi connectivity index (χ2n) is 5.78. The Morgan fingerprint density at radius 2 is 1.68 bits per heavy atom. The molecule has 3 rings (SSSR count). The fourth-order valence-corrected chi connectivity index (χ4v) is 3.62. The van der Waals surface area contributed by atoms with Crippen molar-refractivity contribution in [2.45, 2.75) is 13.0 Å². The summed E-state index contributed by atoms with van der Waals surface area (Å²) >= 11 is 18.4. The molecule has 1 heterocycles. The minimum atomic E-state index is -0.456. The summed E-state index contributed by atoms with van der Waals surface area (Å²) in [6, 6.07) is 12.3. The molecule has 1 unspecified atom stereocenters. The van der Waals surface area contributed by atoms with E-state index in [1.165, 1.54) is 4.90 Å². The second-order valence-corrected chi connectivity index (χ2v) is 7.01. The summed E-state index contributed by atoms with van der Waals surface area (Å²) in [7, 11) is 0. The van der Waals surface area contributed by atoms with Gasteiger partial charge in [-0.05, 0) is 23.8 Å². The maximum absolute atomic E-state index is 12.4. The Bertz CT molecular complexity index is 805. The minimum Gasteiger partial charge on any atom is -0.352 e. The molecule has 4 nitrogen and oxygen atoms in total. The van der Waals surface area contributed by atoms with Crippen LogP contribution in [0.15, 0.2) is 42.5 Å².